The Morgan fingerprint density at radius 3 is 2.79 bits per heavy atom. The molecule has 0 aromatic heterocycles. The van der Waals surface area contributed by atoms with Crippen molar-refractivity contribution in [3.63, 3.8) is 0 Å². The third kappa shape index (κ3) is 2.97. The number of nitrogens with two attached hydrogens (primary N) is 1. The van der Waals surface area contributed by atoms with Crippen LogP contribution in [0.5, 0.6) is 5.75 Å². The summed E-state index contributed by atoms with van der Waals surface area (Å²) >= 11 is 0. The molecule has 0 atom stereocenters. The number of hydrogen-bond acceptors (Lipinski definition) is 4. The normalized spacial score (nSPS) is 9.57. The lowest BCUT2D eigenvalue weighted by atomic mass is 10.2. The predicted molar refractivity (Wildman–Crippen MR) is 52.9 cm³/mol. The van der Waals surface area contributed by atoms with Gasteiger partial charge in [-0.05, 0) is 30.7 Å². The third-order valence-electron chi connectivity index (χ3n) is 1.68. The Labute approximate surface area is 82.6 Å². The summed E-state index contributed by atoms with van der Waals surface area (Å²) in [5.41, 5.74) is 7.16. The number of carbonyl (C=O) groups excluding carboxylic acids is 1. The molecule has 0 unspecified atom stereocenters. The summed E-state index contributed by atoms with van der Waals surface area (Å²) < 4.78 is 9.84. The zero-order valence-electron chi connectivity index (χ0n) is 8.24. The van der Waals surface area contributed by atoms with Crippen molar-refractivity contribution in [2.24, 2.45) is 0 Å². The molecular weight excluding hydrogens is 182 g/mol. The van der Waals surface area contributed by atoms with Gasteiger partial charge in [-0.15, -0.1) is 0 Å². The summed E-state index contributed by atoms with van der Waals surface area (Å²) in [7, 11) is 0. The predicted octanol–water partition coefficient (Wildman–Crippen LogP) is 1.48. The highest BCUT2D eigenvalue weighted by molar-refractivity contribution is 5.65. The molecule has 0 fully saturated rings. The lowest BCUT2D eigenvalue weighted by molar-refractivity contribution is -0.147. The van der Waals surface area contributed by atoms with Crippen LogP contribution in [0.2, 0.25) is 0 Å². The first-order valence-electron chi connectivity index (χ1n) is 4.22. The standard InChI is InChI=1S/C10H13NO3/c1-7-5-9(11)3-4-10(7)14-6-13-8(2)12/h3-5H,6,11H2,1-2H3. The maximum absolute atomic E-state index is 10.5. The van der Waals surface area contributed by atoms with Crippen LogP contribution in [0.1, 0.15) is 12.5 Å². The molecule has 1 rings (SSSR count). The van der Waals surface area contributed by atoms with Crippen LogP contribution in [0.25, 0.3) is 0 Å². The Bertz CT molecular complexity index is 336. The highest BCUT2D eigenvalue weighted by Gasteiger charge is 2.00. The molecule has 0 heterocycles. The number of benzene rings is 1. The van der Waals surface area contributed by atoms with Crippen LogP contribution in [0.4, 0.5) is 5.69 Å². The van der Waals surface area contributed by atoms with Crippen LogP contribution in [-0.2, 0) is 9.53 Å². The van der Waals surface area contributed by atoms with Crippen molar-refractivity contribution in [2.75, 3.05) is 12.5 Å². The van der Waals surface area contributed by atoms with Gasteiger partial charge in [0.05, 0.1) is 0 Å². The highest BCUT2D eigenvalue weighted by Crippen LogP contribution is 2.19. The molecule has 0 aliphatic heterocycles. The zero-order valence-corrected chi connectivity index (χ0v) is 8.24. The van der Waals surface area contributed by atoms with Gasteiger partial charge in [-0.3, -0.25) is 4.79 Å². The van der Waals surface area contributed by atoms with Gasteiger partial charge in [-0.25, -0.2) is 0 Å². The number of ether oxygens (including phenoxy) is 2. The van der Waals surface area contributed by atoms with Gasteiger partial charge in [-0.2, -0.15) is 0 Å². The fourth-order valence-electron chi connectivity index (χ4n) is 1.01. The minimum absolute atomic E-state index is 0.0694. The van der Waals surface area contributed by atoms with Gasteiger partial charge >= 0.3 is 5.97 Å². The molecule has 0 bridgehead atoms. The Balaban J connectivity index is 2.55. The summed E-state index contributed by atoms with van der Waals surface area (Å²) in [5, 5.41) is 0. The van der Waals surface area contributed by atoms with E-state index in [1.165, 1.54) is 6.92 Å². The maximum Gasteiger partial charge on any atom is 0.305 e. The average Bonchev–Trinajstić information content (AvgIpc) is 2.08. The van der Waals surface area contributed by atoms with Crippen LogP contribution < -0.4 is 10.5 Å². The molecule has 0 aliphatic carbocycles. The van der Waals surface area contributed by atoms with Crippen LogP contribution in [-0.4, -0.2) is 12.8 Å². The topological polar surface area (TPSA) is 61.5 Å². The number of anilines is 1. The summed E-state index contributed by atoms with van der Waals surface area (Å²) in [6.45, 7) is 3.14. The average molecular weight is 195 g/mol. The summed E-state index contributed by atoms with van der Waals surface area (Å²) in [6, 6.07) is 5.27. The third-order valence-corrected chi connectivity index (χ3v) is 1.68. The van der Waals surface area contributed by atoms with Crippen molar-refractivity contribution in [2.45, 2.75) is 13.8 Å². The van der Waals surface area contributed by atoms with Gasteiger partial charge in [0.1, 0.15) is 5.75 Å². The van der Waals surface area contributed by atoms with E-state index < -0.39 is 0 Å². The molecule has 4 nitrogen and oxygen atoms in total. The molecule has 4 heteroatoms. The van der Waals surface area contributed by atoms with E-state index in [4.69, 9.17) is 10.5 Å². The summed E-state index contributed by atoms with van der Waals surface area (Å²) in [4.78, 5) is 10.5. The second kappa shape index (κ2) is 4.50. The number of hydrogen-bond donors (Lipinski definition) is 1. The fraction of sp³-hybridized carbons (Fsp3) is 0.300. The second-order valence-electron chi connectivity index (χ2n) is 2.92. The molecule has 0 amide bonds. The van der Waals surface area contributed by atoms with Gasteiger partial charge in [0, 0.05) is 12.6 Å². The first-order valence-corrected chi connectivity index (χ1v) is 4.22. The lowest BCUT2D eigenvalue weighted by Crippen LogP contribution is -2.07. The Hall–Kier alpha value is -1.71. The van der Waals surface area contributed by atoms with Gasteiger partial charge in [0.25, 0.3) is 0 Å². The van der Waals surface area contributed by atoms with E-state index in [0.717, 1.165) is 5.56 Å². The molecule has 0 saturated carbocycles. The monoisotopic (exact) mass is 195 g/mol. The van der Waals surface area contributed by atoms with Gasteiger partial charge in [-0.1, -0.05) is 0 Å². The van der Waals surface area contributed by atoms with E-state index in [1.807, 2.05) is 6.92 Å². The first kappa shape index (κ1) is 10.4. The number of esters is 1. The molecule has 76 valence electrons. The van der Waals surface area contributed by atoms with Crippen molar-refractivity contribution in [3.8, 4) is 5.75 Å². The number of rotatable bonds is 3. The minimum Gasteiger partial charge on any atom is -0.457 e. The van der Waals surface area contributed by atoms with E-state index in [9.17, 15) is 4.79 Å². The molecule has 1 aromatic rings. The van der Waals surface area contributed by atoms with Crippen molar-refractivity contribution < 1.29 is 14.3 Å². The van der Waals surface area contributed by atoms with Crippen molar-refractivity contribution in [3.05, 3.63) is 23.8 Å². The Kier molecular flexibility index (Phi) is 3.34. The quantitative estimate of drug-likeness (QED) is 0.450. The molecule has 0 spiro atoms. The smallest absolute Gasteiger partial charge is 0.305 e. The highest BCUT2D eigenvalue weighted by atomic mass is 16.7. The Morgan fingerprint density at radius 1 is 1.50 bits per heavy atom. The maximum atomic E-state index is 10.5. The van der Waals surface area contributed by atoms with E-state index in [2.05, 4.69) is 4.74 Å². The fourth-order valence-corrected chi connectivity index (χ4v) is 1.01. The first-order chi connectivity index (χ1) is 6.59. The van der Waals surface area contributed by atoms with Crippen molar-refractivity contribution in [1.29, 1.82) is 0 Å². The molecule has 1 aromatic carbocycles. The molecular formula is C10H13NO3. The SMILES string of the molecule is CC(=O)OCOc1ccc(N)cc1C. The van der Waals surface area contributed by atoms with Crippen LogP contribution in [0, 0.1) is 6.92 Å². The summed E-state index contributed by atoms with van der Waals surface area (Å²) in [5.74, 6) is 0.304. The van der Waals surface area contributed by atoms with E-state index in [0.29, 0.717) is 11.4 Å². The van der Waals surface area contributed by atoms with E-state index >= 15 is 0 Å². The van der Waals surface area contributed by atoms with Gasteiger partial charge in [0.2, 0.25) is 6.79 Å². The van der Waals surface area contributed by atoms with Gasteiger partial charge < -0.3 is 15.2 Å². The van der Waals surface area contributed by atoms with Crippen LogP contribution in [0.15, 0.2) is 18.2 Å². The van der Waals surface area contributed by atoms with E-state index in [1.54, 1.807) is 18.2 Å². The van der Waals surface area contributed by atoms with Crippen LogP contribution in [0.3, 0.4) is 0 Å². The largest absolute Gasteiger partial charge is 0.457 e. The minimum atomic E-state index is -0.363. The van der Waals surface area contributed by atoms with Gasteiger partial charge in [0.15, 0.2) is 0 Å². The molecule has 2 N–H and O–H groups in total. The number of aryl methyl sites for hydroxylation is 1. The Morgan fingerprint density at radius 2 is 2.21 bits per heavy atom. The number of carbonyl (C=O) groups is 1. The molecule has 14 heavy (non-hydrogen) atoms. The zero-order chi connectivity index (χ0) is 10.6. The molecule has 0 radical (unpaired) electrons. The molecule has 0 aliphatic rings. The second-order valence-corrected chi connectivity index (χ2v) is 2.92. The van der Waals surface area contributed by atoms with Crippen molar-refractivity contribution >= 4 is 11.7 Å². The summed E-state index contributed by atoms with van der Waals surface area (Å²) in [6.07, 6.45) is 0. The molecule has 0 saturated heterocycles. The lowest BCUT2D eigenvalue weighted by Gasteiger charge is -2.08. The van der Waals surface area contributed by atoms with Crippen LogP contribution >= 0.6 is 0 Å². The van der Waals surface area contributed by atoms with E-state index in [-0.39, 0.29) is 12.8 Å². The van der Waals surface area contributed by atoms with Crippen molar-refractivity contribution in [1.82, 2.24) is 0 Å². The number of nitrogen functional groups attached to an aromatic ring is 1.